The first-order chi connectivity index (χ1) is 13.3. The summed E-state index contributed by atoms with van der Waals surface area (Å²) in [6.45, 7) is 5.17. The maximum atomic E-state index is 12.9. The number of carbonyl (C=O) groups is 1. The molecule has 1 aromatic carbocycles. The maximum absolute atomic E-state index is 12.9. The highest BCUT2D eigenvalue weighted by Gasteiger charge is 2.30. The summed E-state index contributed by atoms with van der Waals surface area (Å²) in [6, 6.07) is 9.63. The van der Waals surface area contributed by atoms with Gasteiger partial charge >= 0.3 is 0 Å². The zero-order chi connectivity index (χ0) is 20.3. The number of nitrogens with one attached hydrogen (secondary N) is 1. The van der Waals surface area contributed by atoms with E-state index in [0.29, 0.717) is 5.92 Å². The second-order valence-corrected chi connectivity index (χ2v) is 8.82. The smallest absolute Gasteiger partial charge is 0.274 e. The van der Waals surface area contributed by atoms with Crippen molar-refractivity contribution in [2.45, 2.75) is 31.1 Å². The highest BCUT2D eigenvalue weighted by atomic mass is 32.2. The van der Waals surface area contributed by atoms with Crippen molar-refractivity contribution < 1.29 is 13.2 Å². The lowest BCUT2D eigenvalue weighted by molar-refractivity contribution is 0.0690. The van der Waals surface area contributed by atoms with E-state index >= 15 is 0 Å². The molecule has 9 heteroatoms. The topological polar surface area (TPSA) is 103 Å². The Hall–Kier alpha value is -2.52. The van der Waals surface area contributed by atoms with E-state index in [2.05, 4.69) is 24.0 Å². The molecule has 1 aliphatic rings. The molecule has 0 unspecified atom stereocenters. The number of benzene rings is 1. The predicted octanol–water partition coefficient (Wildman–Crippen LogP) is 1.43. The molecule has 0 spiro atoms. The zero-order valence-electron chi connectivity index (χ0n) is 16.0. The molecular formula is C19H24N4O4S. The quantitative estimate of drug-likeness (QED) is 0.812. The van der Waals surface area contributed by atoms with E-state index in [4.69, 9.17) is 0 Å². The van der Waals surface area contributed by atoms with Crippen molar-refractivity contribution >= 4 is 15.9 Å². The molecule has 150 valence electrons. The van der Waals surface area contributed by atoms with Crippen molar-refractivity contribution in [1.82, 2.24) is 19.4 Å². The van der Waals surface area contributed by atoms with Crippen LogP contribution in [0.4, 0.5) is 0 Å². The van der Waals surface area contributed by atoms with E-state index in [1.165, 1.54) is 16.4 Å². The fraction of sp³-hybridized carbons (Fsp3) is 0.421. The Morgan fingerprint density at radius 3 is 2.29 bits per heavy atom. The maximum Gasteiger partial charge on any atom is 0.274 e. The third kappa shape index (κ3) is 4.15. The van der Waals surface area contributed by atoms with Crippen LogP contribution in [0.15, 0.2) is 46.1 Å². The number of piperazine rings is 1. The average Bonchev–Trinajstić information content (AvgIpc) is 2.73. The van der Waals surface area contributed by atoms with E-state index in [-0.39, 0.29) is 48.2 Å². The van der Waals surface area contributed by atoms with Crippen molar-refractivity contribution in [3.63, 3.8) is 0 Å². The number of aromatic nitrogens is 2. The minimum atomic E-state index is -3.60. The van der Waals surface area contributed by atoms with E-state index in [9.17, 15) is 18.0 Å². The van der Waals surface area contributed by atoms with Gasteiger partial charge in [0.15, 0.2) is 0 Å². The highest BCUT2D eigenvalue weighted by molar-refractivity contribution is 7.89. The van der Waals surface area contributed by atoms with Crippen LogP contribution in [0.2, 0.25) is 0 Å². The van der Waals surface area contributed by atoms with Gasteiger partial charge in [0.25, 0.3) is 11.5 Å². The van der Waals surface area contributed by atoms with E-state index in [1.54, 1.807) is 17.0 Å². The van der Waals surface area contributed by atoms with Gasteiger partial charge in [-0.3, -0.25) is 9.59 Å². The first-order valence-corrected chi connectivity index (χ1v) is 10.7. The molecule has 1 N–H and O–H groups in total. The molecular weight excluding hydrogens is 380 g/mol. The summed E-state index contributed by atoms with van der Waals surface area (Å²) in [4.78, 5) is 25.3. The number of aromatic amines is 1. The first-order valence-electron chi connectivity index (χ1n) is 9.28. The standard InChI is InChI=1S/C19H24N4O4S/c1-3-14(2)15-4-6-16(7-5-15)28(26,27)23-12-10-22(11-13-23)19(25)17-8-9-18(24)21-20-17/h4-9,14H,3,10-13H2,1-2H3,(H,21,24)/t14-/m0/s1. The molecule has 1 saturated heterocycles. The number of rotatable bonds is 5. The fourth-order valence-corrected chi connectivity index (χ4v) is 4.53. The van der Waals surface area contributed by atoms with Crippen LogP contribution in [-0.4, -0.2) is 59.9 Å². The Labute approximate surface area is 164 Å². The van der Waals surface area contributed by atoms with Crippen molar-refractivity contribution in [3.8, 4) is 0 Å². The molecule has 2 aromatic rings. The van der Waals surface area contributed by atoms with Gasteiger partial charge < -0.3 is 4.90 Å². The third-order valence-electron chi connectivity index (χ3n) is 5.12. The zero-order valence-corrected chi connectivity index (χ0v) is 16.8. The molecule has 1 amide bonds. The molecule has 1 aliphatic heterocycles. The minimum absolute atomic E-state index is 0.136. The molecule has 28 heavy (non-hydrogen) atoms. The molecule has 0 saturated carbocycles. The van der Waals surface area contributed by atoms with Crippen molar-refractivity contribution in [2.24, 2.45) is 0 Å². The molecule has 0 aliphatic carbocycles. The van der Waals surface area contributed by atoms with Crippen LogP contribution in [-0.2, 0) is 10.0 Å². The summed E-state index contributed by atoms with van der Waals surface area (Å²) in [5.74, 6) is 0.0547. The fourth-order valence-electron chi connectivity index (χ4n) is 3.11. The van der Waals surface area contributed by atoms with Gasteiger partial charge in [-0.15, -0.1) is 0 Å². The summed E-state index contributed by atoms with van der Waals surface area (Å²) in [6.07, 6.45) is 0.992. The lowest BCUT2D eigenvalue weighted by atomic mass is 9.99. The number of H-pyrrole nitrogens is 1. The Morgan fingerprint density at radius 1 is 1.11 bits per heavy atom. The van der Waals surface area contributed by atoms with Crippen LogP contribution in [0.5, 0.6) is 0 Å². The molecule has 1 aromatic heterocycles. The van der Waals surface area contributed by atoms with Gasteiger partial charge in [-0.2, -0.15) is 9.40 Å². The van der Waals surface area contributed by atoms with Gasteiger partial charge in [-0.05, 0) is 36.1 Å². The predicted molar refractivity (Wildman–Crippen MR) is 105 cm³/mol. The molecule has 0 radical (unpaired) electrons. The van der Waals surface area contributed by atoms with Crippen LogP contribution >= 0.6 is 0 Å². The lowest BCUT2D eigenvalue weighted by Gasteiger charge is -2.33. The van der Waals surface area contributed by atoms with Gasteiger partial charge in [0.05, 0.1) is 4.90 Å². The van der Waals surface area contributed by atoms with E-state index in [0.717, 1.165) is 12.0 Å². The minimum Gasteiger partial charge on any atom is -0.335 e. The molecule has 1 atom stereocenters. The van der Waals surface area contributed by atoms with Gasteiger partial charge in [0.1, 0.15) is 5.69 Å². The summed E-state index contributed by atoms with van der Waals surface area (Å²) < 4.78 is 27.2. The Kier molecular flexibility index (Phi) is 5.95. The van der Waals surface area contributed by atoms with Crippen molar-refractivity contribution in [2.75, 3.05) is 26.2 Å². The second kappa shape index (κ2) is 8.24. The summed E-state index contributed by atoms with van der Waals surface area (Å²) in [7, 11) is -3.60. The van der Waals surface area contributed by atoms with Crippen molar-refractivity contribution in [1.29, 1.82) is 0 Å². The summed E-state index contributed by atoms with van der Waals surface area (Å²) >= 11 is 0. The SMILES string of the molecule is CC[C@H](C)c1ccc(S(=O)(=O)N2CCN(C(=O)c3ccc(=O)[nH]n3)CC2)cc1. The third-order valence-corrected chi connectivity index (χ3v) is 7.04. The number of carbonyl (C=O) groups excluding carboxylic acids is 1. The van der Waals surface area contributed by atoms with E-state index in [1.807, 2.05) is 12.1 Å². The highest BCUT2D eigenvalue weighted by Crippen LogP contribution is 2.23. The monoisotopic (exact) mass is 404 g/mol. The van der Waals surface area contributed by atoms with Crippen LogP contribution < -0.4 is 5.56 Å². The number of hydrogen-bond acceptors (Lipinski definition) is 5. The molecule has 2 heterocycles. The Bertz CT molecular complexity index is 973. The van der Waals surface area contributed by atoms with Gasteiger partial charge in [0.2, 0.25) is 10.0 Å². The average molecular weight is 404 g/mol. The molecule has 0 bridgehead atoms. The lowest BCUT2D eigenvalue weighted by Crippen LogP contribution is -2.50. The molecule has 8 nitrogen and oxygen atoms in total. The Balaban J connectivity index is 1.67. The summed E-state index contributed by atoms with van der Waals surface area (Å²) in [5, 5.41) is 5.97. The Morgan fingerprint density at radius 2 is 1.75 bits per heavy atom. The van der Waals surface area contributed by atoms with Crippen LogP contribution in [0.3, 0.4) is 0 Å². The van der Waals surface area contributed by atoms with Crippen molar-refractivity contribution in [3.05, 3.63) is 58.0 Å². The number of hydrogen-bond donors (Lipinski definition) is 1. The number of amides is 1. The van der Waals surface area contributed by atoms with Crippen LogP contribution in [0, 0.1) is 0 Å². The first kappa shape index (κ1) is 20.2. The van der Waals surface area contributed by atoms with Gasteiger partial charge in [-0.1, -0.05) is 26.0 Å². The molecule has 3 rings (SSSR count). The number of sulfonamides is 1. The van der Waals surface area contributed by atoms with Gasteiger partial charge in [0, 0.05) is 32.2 Å². The normalized spacial score (nSPS) is 16.7. The second-order valence-electron chi connectivity index (χ2n) is 6.88. The molecule has 1 fully saturated rings. The van der Waals surface area contributed by atoms with Crippen LogP contribution in [0.25, 0.3) is 0 Å². The van der Waals surface area contributed by atoms with E-state index < -0.39 is 10.0 Å². The number of nitrogens with zero attached hydrogens (tertiary/aromatic N) is 3. The van der Waals surface area contributed by atoms with Crippen LogP contribution in [0.1, 0.15) is 42.2 Å². The largest absolute Gasteiger partial charge is 0.335 e. The summed E-state index contributed by atoms with van der Waals surface area (Å²) in [5.41, 5.74) is 0.869. The van der Waals surface area contributed by atoms with Gasteiger partial charge in [-0.25, -0.2) is 13.5 Å².